The van der Waals surface area contributed by atoms with Gasteiger partial charge in [-0.2, -0.15) is 0 Å². The highest BCUT2D eigenvalue weighted by molar-refractivity contribution is 6.11. The van der Waals surface area contributed by atoms with E-state index in [9.17, 15) is 0 Å². The summed E-state index contributed by atoms with van der Waals surface area (Å²) < 4.78 is 0. The van der Waals surface area contributed by atoms with Crippen molar-refractivity contribution in [2.24, 2.45) is 4.99 Å². The van der Waals surface area contributed by atoms with Gasteiger partial charge in [-0.1, -0.05) is 58.9 Å². The summed E-state index contributed by atoms with van der Waals surface area (Å²) in [6, 6.07) is 0. The Morgan fingerprint density at radius 2 is 1.53 bits per heavy atom. The van der Waals surface area contributed by atoms with E-state index in [0.717, 1.165) is 17.8 Å². The van der Waals surface area contributed by atoms with Gasteiger partial charge in [0.2, 0.25) is 0 Å². The van der Waals surface area contributed by atoms with Crippen molar-refractivity contribution in [1.82, 2.24) is 0 Å². The third kappa shape index (κ3) is 9.20. The van der Waals surface area contributed by atoms with E-state index in [1.165, 1.54) is 6.42 Å². The standard InChI is InChI=1S/C9H11N.C3H8.C2H6/c1-3-10-9-7-5-4-6-8(9)2;1-3-2;1-2/h4-7H,2-3H2,1H3;3H2,1-2H3;1-2H3. The van der Waals surface area contributed by atoms with E-state index >= 15 is 0 Å². The molecule has 15 heavy (non-hydrogen) atoms. The number of allylic oxidation sites excluding steroid dienone is 5. The molecular formula is C14H25N. The van der Waals surface area contributed by atoms with Crippen LogP contribution in [-0.4, -0.2) is 12.3 Å². The summed E-state index contributed by atoms with van der Waals surface area (Å²) in [5.41, 5.74) is 2.01. The molecule has 1 aliphatic rings. The van der Waals surface area contributed by atoms with Crippen LogP contribution in [-0.2, 0) is 0 Å². The number of aliphatic imine (C=N–C) groups is 1. The van der Waals surface area contributed by atoms with Crippen LogP contribution in [0.3, 0.4) is 0 Å². The summed E-state index contributed by atoms with van der Waals surface area (Å²) in [4.78, 5) is 4.24. The van der Waals surface area contributed by atoms with Crippen molar-refractivity contribution in [2.75, 3.05) is 6.54 Å². The number of hydrogen-bond donors (Lipinski definition) is 0. The van der Waals surface area contributed by atoms with Gasteiger partial charge in [0.15, 0.2) is 0 Å². The van der Waals surface area contributed by atoms with Crippen molar-refractivity contribution in [2.45, 2.75) is 41.0 Å². The molecule has 0 spiro atoms. The molecule has 0 radical (unpaired) electrons. The van der Waals surface area contributed by atoms with Gasteiger partial charge in [-0.25, -0.2) is 0 Å². The van der Waals surface area contributed by atoms with Crippen LogP contribution in [0.1, 0.15) is 41.0 Å². The van der Waals surface area contributed by atoms with Crippen molar-refractivity contribution in [3.63, 3.8) is 0 Å². The molecule has 1 rings (SSSR count). The van der Waals surface area contributed by atoms with Crippen molar-refractivity contribution >= 4 is 5.71 Å². The normalized spacial score (nSPS) is 15.3. The minimum atomic E-state index is 0.826. The largest absolute Gasteiger partial charge is 0.285 e. The van der Waals surface area contributed by atoms with Gasteiger partial charge in [0.05, 0.1) is 5.71 Å². The Kier molecular flexibility index (Phi) is 14.0. The van der Waals surface area contributed by atoms with Gasteiger partial charge in [-0.15, -0.1) is 0 Å². The van der Waals surface area contributed by atoms with Crippen molar-refractivity contribution in [3.05, 3.63) is 36.5 Å². The third-order valence-electron chi connectivity index (χ3n) is 1.32. The summed E-state index contributed by atoms with van der Waals surface area (Å²) in [5, 5.41) is 0. The Labute approximate surface area is 95.3 Å². The molecule has 1 aliphatic carbocycles. The van der Waals surface area contributed by atoms with Gasteiger partial charge in [-0.3, -0.25) is 4.99 Å². The summed E-state index contributed by atoms with van der Waals surface area (Å²) in [5.74, 6) is 0. The zero-order valence-corrected chi connectivity index (χ0v) is 10.9. The van der Waals surface area contributed by atoms with Crippen LogP contribution in [0, 0.1) is 0 Å². The lowest BCUT2D eigenvalue weighted by molar-refractivity contribution is 1.09. The number of hydrogen-bond acceptors (Lipinski definition) is 1. The lowest BCUT2D eigenvalue weighted by Crippen LogP contribution is -1.98. The zero-order chi connectivity index (χ0) is 12.1. The highest BCUT2D eigenvalue weighted by atomic mass is 14.7. The van der Waals surface area contributed by atoms with Crippen LogP contribution in [0.25, 0.3) is 0 Å². The second-order valence-corrected chi connectivity index (χ2v) is 2.81. The maximum atomic E-state index is 4.24. The minimum Gasteiger partial charge on any atom is -0.285 e. The molecular weight excluding hydrogens is 182 g/mol. The Bertz CT molecular complexity index is 232. The predicted octanol–water partition coefficient (Wildman–Crippen LogP) is 4.57. The van der Waals surface area contributed by atoms with E-state index in [1.54, 1.807) is 0 Å². The highest BCUT2D eigenvalue weighted by Gasteiger charge is 1.97. The molecule has 0 saturated heterocycles. The molecule has 0 N–H and O–H groups in total. The Balaban J connectivity index is 0. The molecule has 0 aromatic heterocycles. The van der Waals surface area contributed by atoms with Crippen LogP contribution >= 0.6 is 0 Å². The van der Waals surface area contributed by atoms with Gasteiger partial charge in [0.1, 0.15) is 0 Å². The molecule has 1 nitrogen and oxygen atoms in total. The summed E-state index contributed by atoms with van der Waals surface area (Å²) >= 11 is 0. The minimum absolute atomic E-state index is 0.826. The molecule has 0 aromatic rings. The van der Waals surface area contributed by atoms with Gasteiger partial charge < -0.3 is 0 Å². The molecule has 0 aromatic carbocycles. The molecule has 0 fully saturated rings. The molecule has 0 bridgehead atoms. The van der Waals surface area contributed by atoms with E-state index in [1.807, 2.05) is 45.1 Å². The zero-order valence-electron chi connectivity index (χ0n) is 10.9. The Morgan fingerprint density at radius 1 is 1.07 bits per heavy atom. The molecule has 0 amide bonds. The topological polar surface area (TPSA) is 12.4 Å². The third-order valence-corrected chi connectivity index (χ3v) is 1.32. The second kappa shape index (κ2) is 12.9. The molecule has 0 aliphatic heterocycles. The Hall–Kier alpha value is -1.11. The number of rotatable bonds is 1. The first-order valence-corrected chi connectivity index (χ1v) is 5.84. The van der Waals surface area contributed by atoms with Crippen LogP contribution in [0.2, 0.25) is 0 Å². The van der Waals surface area contributed by atoms with Crippen LogP contribution < -0.4 is 0 Å². The Morgan fingerprint density at radius 3 is 1.93 bits per heavy atom. The maximum Gasteiger partial charge on any atom is 0.0640 e. The quantitative estimate of drug-likeness (QED) is 0.597. The first kappa shape index (κ1) is 16.3. The molecule has 0 atom stereocenters. The second-order valence-electron chi connectivity index (χ2n) is 2.81. The lowest BCUT2D eigenvalue weighted by Gasteiger charge is -2.02. The summed E-state index contributed by atoms with van der Waals surface area (Å²) in [7, 11) is 0. The van der Waals surface area contributed by atoms with Gasteiger partial charge in [0.25, 0.3) is 0 Å². The molecule has 1 heteroatoms. The first-order chi connectivity index (χ1) is 7.26. The number of nitrogens with zero attached hydrogens (tertiary/aromatic N) is 1. The van der Waals surface area contributed by atoms with Crippen LogP contribution in [0.4, 0.5) is 0 Å². The van der Waals surface area contributed by atoms with Gasteiger partial charge in [-0.05, 0) is 18.6 Å². The highest BCUT2D eigenvalue weighted by Crippen LogP contribution is 2.04. The van der Waals surface area contributed by atoms with Crippen molar-refractivity contribution < 1.29 is 0 Å². The van der Waals surface area contributed by atoms with E-state index in [4.69, 9.17) is 0 Å². The molecule has 0 saturated carbocycles. The van der Waals surface area contributed by atoms with Crippen LogP contribution in [0.15, 0.2) is 41.4 Å². The molecule has 0 unspecified atom stereocenters. The molecule has 0 heterocycles. The van der Waals surface area contributed by atoms with E-state index < -0.39 is 0 Å². The first-order valence-electron chi connectivity index (χ1n) is 5.84. The average molecular weight is 207 g/mol. The fraction of sp³-hybridized carbons (Fsp3) is 0.500. The van der Waals surface area contributed by atoms with E-state index in [0.29, 0.717) is 0 Å². The predicted molar refractivity (Wildman–Crippen MR) is 72.7 cm³/mol. The SMILES string of the molecule is C=C1C=CC=CC1=NCC.CC.CCC. The fourth-order valence-corrected chi connectivity index (χ4v) is 0.835. The maximum absolute atomic E-state index is 4.24. The average Bonchev–Trinajstić information content (AvgIpc) is 2.26. The lowest BCUT2D eigenvalue weighted by atomic mass is 10.1. The monoisotopic (exact) mass is 207 g/mol. The fourth-order valence-electron chi connectivity index (χ4n) is 0.835. The summed E-state index contributed by atoms with van der Waals surface area (Å²) in [6.45, 7) is 14.9. The smallest absolute Gasteiger partial charge is 0.0640 e. The molecule has 86 valence electrons. The van der Waals surface area contributed by atoms with Gasteiger partial charge >= 0.3 is 0 Å². The van der Waals surface area contributed by atoms with Crippen molar-refractivity contribution in [1.29, 1.82) is 0 Å². The van der Waals surface area contributed by atoms with E-state index in [-0.39, 0.29) is 0 Å². The van der Waals surface area contributed by atoms with Gasteiger partial charge in [0, 0.05) is 6.54 Å². The van der Waals surface area contributed by atoms with Crippen molar-refractivity contribution in [3.8, 4) is 0 Å². The van der Waals surface area contributed by atoms with Crippen LogP contribution in [0.5, 0.6) is 0 Å². The van der Waals surface area contributed by atoms with E-state index in [2.05, 4.69) is 25.4 Å². The summed E-state index contributed by atoms with van der Waals surface area (Å²) in [6.07, 6.45) is 9.14.